The molecule has 1 fully saturated rings. The highest BCUT2D eigenvalue weighted by atomic mass is 19.1. The molecule has 1 aromatic carbocycles. The van der Waals surface area contributed by atoms with E-state index in [1.54, 1.807) is 47.6 Å². The van der Waals surface area contributed by atoms with Crippen LogP contribution in [-0.2, 0) is 72.9 Å². The molecule has 6 amide bonds. The molecule has 402 valence electrons. The van der Waals surface area contributed by atoms with Crippen molar-refractivity contribution >= 4 is 52.3 Å². The Bertz CT molecular complexity index is 2840. The summed E-state index contributed by atoms with van der Waals surface area (Å²) in [6.07, 6.45) is -4.66. The van der Waals surface area contributed by atoms with Gasteiger partial charge in [-0.3, -0.25) is 33.6 Å². The van der Waals surface area contributed by atoms with Crippen LogP contribution in [0.25, 0.3) is 22.3 Å². The maximum absolute atomic E-state index is 15.4. The van der Waals surface area contributed by atoms with Crippen molar-refractivity contribution in [2.24, 2.45) is 22.8 Å². The highest BCUT2D eigenvalue weighted by Crippen LogP contribution is 2.46. The number of esters is 1. The molecular formula is C50H66FN9O14. The molecule has 74 heavy (non-hydrogen) atoms. The number of primary amides is 1. The predicted octanol–water partition coefficient (Wildman–Crippen LogP) is -1.02. The van der Waals surface area contributed by atoms with Crippen LogP contribution in [-0.4, -0.2) is 129 Å². The number of rotatable bonds is 20. The van der Waals surface area contributed by atoms with Gasteiger partial charge < -0.3 is 72.1 Å². The number of aryl methyl sites for hydroxylation is 1. The number of aliphatic hydroxyl groups excluding tert-OH is 2. The lowest BCUT2D eigenvalue weighted by molar-refractivity contribution is -0.172. The van der Waals surface area contributed by atoms with Crippen molar-refractivity contribution in [3.63, 3.8) is 0 Å². The number of nitrogens with two attached hydrogens (primary N) is 2. The van der Waals surface area contributed by atoms with Crippen molar-refractivity contribution in [1.29, 1.82) is 0 Å². The second kappa shape index (κ2) is 21.8. The number of nitrogens with one attached hydrogen (secondary N) is 5. The molecule has 9 atom stereocenters. The first-order chi connectivity index (χ1) is 34.8. The van der Waals surface area contributed by atoms with Gasteiger partial charge >= 0.3 is 5.97 Å². The van der Waals surface area contributed by atoms with Crippen LogP contribution in [0.4, 0.5) is 4.39 Å². The van der Waals surface area contributed by atoms with E-state index < -0.39 is 118 Å². The first-order valence-corrected chi connectivity index (χ1v) is 24.7. The number of hydrogen-bond acceptors (Lipinski definition) is 16. The average Bonchev–Trinajstić information content (AvgIpc) is 3.85. The SMILES string of the molecule is CC[C@@]1(O)C(=O)OCc2c1cc1n(c2=O)Cc2c-1nc1cc(F)c(C)c3c1c2[C@@H](NC(=O)C(C)(C)COCNC(=O)[C@H](C)NC(=O)[C@@H](NC(=O)[C@@H](N)CCC(=O)NC[C@H]1O[C@@H](CC(N)=O)[C@H](O)[C@@H]1O)C(C)C)CC3. The first kappa shape index (κ1) is 55.3. The topological polar surface area (TPSA) is 355 Å². The summed E-state index contributed by atoms with van der Waals surface area (Å²) < 4.78 is 33.4. The Hall–Kier alpha value is -6.44. The average molecular weight is 1040 g/mol. The number of carbonyl (C=O) groups is 7. The summed E-state index contributed by atoms with van der Waals surface area (Å²) in [6.45, 7) is 10.4. The van der Waals surface area contributed by atoms with E-state index in [1.165, 1.54) is 17.6 Å². The smallest absolute Gasteiger partial charge is 0.343 e. The molecule has 1 saturated heterocycles. The van der Waals surface area contributed by atoms with Crippen molar-refractivity contribution in [2.45, 2.75) is 154 Å². The molecule has 0 unspecified atom stereocenters. The zero-order chi connectivity index (χ0) is 54.3. The number of carbonyl (C=O) groups excluding carboxylic acids is 7. The van der Waals surface area contributed by atoms with Crippen molar-refractivity contribution in [2.75, 3.05) is 19.9 Å². The molecule has 24 heteroatoms. The van der Waals surface area contributed by atoms with Crippen LogP contribution in [0.5, 0.6) is 0 Å². The third kappa shape index (κ3) is 10.9. The molecule has 3 aliphatic heterocycles. The monoisotopic (exact) mass is 1040 g/mol. The van der Waals surface area contributed by atoms with Gasteiger partial charge in [0.05, 0.1) is 65.6 Å². The predicted molar refractivity (Wildman–Crippen MR) is 260 cm³/mol. The summed E-state index contributed by atoms with van der Waals surface area (Å²) in [5.41, 5.74) is 11.3. The molecule has 7 rings (SSSR count). The normalized spacial score (nSPS) is 22.9. The summed E-state index contributed by atoms with van der Waals surface area (Å²) in [7, 11) is 0. The van der Waals surface area contributed by atoms with Crippen LogP contribution < -0.4 is 43.6 Å². The highest BCUT2D eigenvalue weighted by Gasteiger charge is 2.47. The fraction of sp³-hybridized carbons (Fsp3) is 0.580. The molecule has 5 heterocycles. The number of cyclic esters (lactones) is 1. The maximum atomic E-state index is 15.4. The minimum Gasteiger partial charge on any atom is -0.458 e. The summed E-state index contributed by atoms with van der Waals surface area (Å²) in [5, 5.41) is 45.8. The molecular weight excluding hydrogens is 970 g/mol. The second-order valence-electron chi connectivity index (χ2n) is 20.6. The van der Waals surface area contributed by atoms with Gasteiger partial charge in [-0.05, 0) is 82.1 Å². The van der Waals surface area contributed by atoms with Crippen LogP contribution in [0, 0.1) is 24.1 Å². The molecule has 0 spiro atoms. The maximum Gasteiger partial charge on any atom is 0.343 e. The molecule has 0 saturated carbocycles. The Morgan fingerprint density at radius 2 is 1.70 bits per heavy atom. The van der Waals surface area contributed by atoms with E-state index >= 15 is 4.39 Å². The van der Waals surface area contributed by atoms with E-state index in [0.29, 0.717) is 51.8 Å². The van der Waals surface area contributed by atoms with Gasteiger partial charge in [0.2, 0.25) is 35.4 Å². The fourth-order valence-corrected chi connectivity index (χ4v) is 9.95. The van der Waals surface area contributed by atoms with Gasteiger partial charge in [0, 0.05) is 35.5 Å². The van der Waals surface area contributed by atoms with Gasteiger partial charge in [0.1, 0.15) is 49.6 Å². The van der Waals surface area contributed by atoms with Crippen molar-refractivity contribution in [3.05, 3.63) is 61.7 Å². The van der Waals surface area contributed by atoms with Gasteiger partial charge in [-0.25, -0.2) is 14.2 Å². The van der Waals surface area contributed by atoms with Gasteiger partial charge in [-0.1, -0.05) is 20.8 Å². The summed E-state index contributed by atoms with van der Waals surface area (Å²) in [6, 6.07) is -1.12. The van der Waals surface area contributed by atoms with Crippen molar-refractivity contribution < 1.29 is 67.5 Å². The number of fused-ring (bicyclic) bond motifs is 5. The number of hydrogen-bond donors (Lipinski definition) is 10. The van der Waals surface area contributed by atoms with Crippen molar-refractivity contribution in [1.82, 2.24) is 36.1 Å². The van der Waals surface area contributed by atoms with Gasteiger partial charge in [-0.15, -0.1) is 0 Å². The van der Waals surface area contributed by atoms with E-state index in [1.807, 2.05) is 0 Å². The summed E-state index contributed by atoms with van der Waals surface area (Å²) in [4.78, 5) is 109. The number of amides is 6. The molecule has 0 radical (unpaired) electrons. The van der Waals surface area contributed by atoms with Crippen LogP contribution in [0.15, 0.2) is 16.9 Å². The molecule has 1 aliphatic carbocycles. The Morgan fingerprint density at radius 1 is 1.00 bits per heavy atom. The third-order valence-corrected chi connectivity index (χ3v) is 14.5. The molecule has 12 N–H and O–H groups in total. The van der Waals surface area contributed by atoms with Crippen LogP contribution in [0.3, 0.4) is 0 Å². The quantitative estimate of drug-likeness (QED) is 0.0288. The number of nitrogens with zero attached hydrogens (tertiary/aromatic N) is 2. The van der Waals surface area contributed by atoms with Gasteiger partial charge in [0.15, 0.2) is 5.60 Å². The lowest BCUT2D eigenvalue weighted by Gasteiger charge is -2.32. The standard InChI is InChI=1S/C50H66FN9O14/c1-8-50(71)27-13-32-40-25(17-60(32)46(68)26(27)18-73-48(50)70)38-30(11-9-24-22(4)28(51)14-31(57-40)37(24)38)58-47(69)49(6,7)19-72-20-55-43(65)23(5)56-45(67)39(21(2)3)59-44(66)29(52)10-12-36(62)54-16-34-42(64)41(63)33(74-34)15-35(53)61/h13-14,21,23,29-30,33-34,39,41-42,63-64,71H,8-12,15-20,52H2,1-7H3,(H2,53,61)(H,54,62)(H,55,65)(H,56,67)(H,58,69)(H,59,66)/t23-,29-,30-,33-,34+,39-,41-,42+,50-/m0/s1. The minimum atomic E-state index is -2.05. The van der Waals surface area contributed by atoms with Crippen LogP contribution >= 0.6 is 0 Å². The Morgan fingerprint density at radius 3 is 2.38 bits per heavy atom. The molecule has 4 aliphatic rings. The lowest BCUT2D eigenvalue weighted by Crippen LogP contribution is -2.57. The Balaban J connectivity index is 0.916. The zero-order valence-corrected chi connectivity index (χ0v) is 42.4. The highest BCUT2D eigenvalue weighted by molar-refractivity contribution is 5.95. The third-order valence-electron chi connectivity index (χ3n) is 14.5. The lowest BCUT2D eigenvalue weighted by atomic mass is 9.81. The second-order valence-corrected chi connectivity index (χ2v) is 20.6. The van der Waals surface area contributed by atoms with E-state index in [-0.39, 0.29) is 69.8 Å². The zero-order valence-electron chi connectivity index (χ0n) is 42.4. The fourth-order valence-electron chi connectivity index (χ4n) is 9.95. The van der Waals surface area contributed by atoms with E-state index in [0.717, 1.165) is 5.56 Å². The molecule has 2 aromatic heterocycles. The van der Waals surface area contributed by atoms with Gasteiger partial charge in [-0.2, -0.15) is 0 Å². The number of ether oxygens (including phenoxy) is 3. The van der Waals surface area contributed by atoms with E-state index in [2.05, 4.69) is 26.6 Å². The van der Waals surface area contributed by atoms with E-state index in [4.69, 9.17) is 30.7 Å². The number of aromatic nitrogens is 2. The van der Waals surface area contributed by atoms with Crippen LogP contribution in [0.2, 0.25) is 0 Å². The Labute approximate surface area is 425 Å². The summed E-state index contributed by atoms with van der Waals surface area (Å²) in [5.74, 6) is -5.49. The Kier molecular flexibility index (Phi) is 16.3. The molecule has 23 nitrogen and oxygen atoms in total. The van der Waals surface area contributed by atoms with E-state index in [9.17, 15) is 53.7 Å². The van der Waals surface area contributed by atoms with Gasteiger partial charge in [0.25, 0.3) is 5.56 Å². The van der Waals surface area contributed by atoms with Crippen molar-refractivity contribution in [3.8, 4) is 11.4 Å². The number of benzene rings is 1. The minimum absolute atomic E-state index is 0.0458. The number of pyridine rings is 2. The number of aliphatic hydroxyl groups is 3. The molecule has 0 bridgehead atoms. The largest absolute Gasteiger partial charge is 0.458 e. The molecule has 3 aromatic rings. The number of halogens is 1. The first-order valence-electron chi connectivity index (χ1n) is 24.7. The summed E-state index contributed by atoms with van der Waals surface area (Å²) >= 11 is 0. The van der Waals surface area contributed by atoms with Crippen LogP contribution in [0.1, 0.15) is 113 Å².